The third-order valence-electron chi connectivity index (χ3n) is 2.98. The van der Waals surface area contributed by atoms with Crippen molar-refractivity contribution in [3.05, 3.63) is 58.6 Å². The first-order chi connectivity index (χ1) is 9.60. The van der Waals surface area contributed by atoms with Gasteiger partial charge in [-0.1, -0.05) is 29.8 Å². The van der Waals surface area contributed by atoms with E-state index >= 15 is 0 Å². The van der Waals surface area contributed by atoms with Gasteiger partial charge < -0.3 is 14.6 Å². The van der Waals surface area contributed by atoms with Crippen LogP contribution in [0.15, 0.2) is 42.5 Å². The van der Waals surface area contributed by atoms with Crippen LogP contribution in [0.3, 0.4) is 0 Å². The molecule has 2 aromatic rings. The summed E-state index contributed by atoms with van der Waals surface area (Å²) in [7, 11) is 1.58. The second kappa shape index (κ2) is 6.64. The van der Waals surface area contributed by atoms with Crippen LogP contribution >= 0.6 is 11.6 Å². The minimum atomic E-state index is -0.533. The summed E-state index contributed by atoms with van der Waals surface area (Å²) in [5, 5.41) is 10.3. The molecule has 106 valence electrons. The lowest BCUT2D eigenvalue weighted by atomic mass is 10.1. The van der Waals surface area contributed by atoms with E-state index in [0.29, 0.717) is 23.1 Å². The molecule has 20 heavy (non-hydrogen) atoms. The van der Waals surface area contributed by atoms with Crippen LogP contribution in [0.25, 0.3) is 0 Å². The number of hydrogen-bond acceptors (Lipinski definition) is 3. The van der Waals surface area contributed by atoms with Gasteiger partial charge in [-0.2, -0.15) is 0 Å². The highest BCUT2D eigenvalue weighted by molar-refractivity contribution is 6.30. The molecular weight excluding hydrogens is 276 g/mol. The summed E-state index contributed by atoms with van der Waals surface area (Å²) in [4.78, 5) is 0. The first-order valence-corrected chi connectivity index (χ1v) is 6.71. The quantitative estimate of drug-likeness (QED) is 0.906. The number of ether oxygens (including phenoxy) is 2. The molecule has 3 nitrogen and oxygen atoms in total. The van der Waals surface area contributed by atoms with Gasteiger partial charge >= 0.3 is 0 Å². The molecule has 2 rings (SSSR count). The second-order valence-electron chi connectivity index (χ2n) is 4.50. The molecular formula is C16H17ClO3. The van der Waals surface area contributed by atoms with E-state index in [9.17, 15) is 5.11 Å². The molecule has 0 fully saturated rings. The first-order valence-electron chi connectivity index (χ1n) is 6.33. The van der Waals surface area contributed by atoms with Gasteiger partial charge in [0.15, 0.2) is 11.5 Å². The van der Waals surface area contributed by atoms with Crippen molar-refractivity contribution in [1.82, 2.24) is 0 Å². The van der Waals surface area contributed by atoms with Crippen molar-refractivity contribution < 1.29 is 14.6 Å². The van der Waals surface area contributed by atoms with Crippen molar-refractivity contribution >= 4 is 11.6 Å². The van der Waals surface area contributed by atoms with Crippen LogP contribution in [0.2, 0.25) is 5.02 Å². The van der Waals surface area contributed by atoms with E-state index in [1.807, 2.05) is 30.3 Å². The number of halogens is 1. The van der Waals surface area contributed by atoms with Crippen molar-refractivity contribution in [3.63, 3.8) is 0 Å². The molecule has 0 bridgehead atoms. The summed E-state index contributed by atoms with van der Waals surface area (Å²) in [5.41, 5.74) is 1.82. The van der Waals surface area contributed by atoms with E-state index in [4.69, 9.17) is 21.1 Å². The third kappa shape index (κ3) is 3.65. The molecule has 0 spiro atoms. The highest BCUT2D eigenvalue weighted by Crippen LogP contribution is 2.30. The summed E-state index contributed by atoms with van der Waals surface area (Å²) < 4.78 is 11.0. The largest absolute Gasteiger partial charge is 0.493 e. The Morgan fingerprint density at radius 2 is 1.80 bits per heavy atom. The van der Waals surface area contributed by atoms with Gasteiger partial charge in [-0.25, -0.2) is 0 Å². The smallest absolute Gasteiger partial charge is 0.161 e. The lowest BCUT2D eigenvalue weighted by Crippen LogP contribution is -1.99. The third-order valence-corrected chi connectivity index (χ3v) is 3.23. The van der Waals surface area contributed by atoms with Crippen LogP contribution in [0.1, 0.15) is 24.2 Å². The lowest BCUT2D eigenvalue weighted by molar-refractivity contribution is 0.198. The standard InChI is InChI=1S/C16H17ClO3/c1-11(18)13-5-8-15(16(9-13)19-2)20-10-12-3-6-14(17)7-4-12/h3-9,11,18H,10H2,1-2H3/t11-/m0/s1. The SMILES string of the molecule is COc1cc([C@H](C)O)ccc1OCc1ccc(Cl)cc1. The van der Waals surface area contributed by atoms with E-state index in [1.165, 1.54) is 0 Å². The molecule has 1 atom stereocenters. The topological polar surface area (TPSA) is 38.7 Å². The number of aliphatic hydroxyl groups excluding tert-OH is 1. The van der Waals surface area contributed by atoms with E-state index in [-0.39, 0.29) is 0 Å². The van der Waals surface area contributed by atoms with Gasteiger partial charge in [0, 0.05) is 5.02 Å². The van der Waals surface area contributed by atoms with Crippen LogP contribution in [0.5, 0.6) is 11.5 Å². The fraction of sp³-hybridized carbons (Fsp3) is 0.250. The number of benzene rings is 2. The normalized spacial score (nSPS) is 12.0. The number of aliphatic hydroxyl groups is 1. The maximum atomic E-state index is 9.56. The average molecular weight is 293 g/mol. The first kappa shape index (κ1) is 14.7. The van der Waals surface area contributed by atoms with Crippen molar-refractivity contribution in [2.45, 2.75) is 19.6 Å². The summed E-state index contributed by atoms with van der Waals surface area (Å²) in [6.07, 6.45) is -0.533. The van der Waals surface area contributed by atoms with E-state index in [0.717, 1.165) is 11.1 Å². The Labute approximate surface area is 123 Å². The molecule has 0 saturated heterocycles. The number of methoxy groups -OCH3 is 1. The second-order valence-corrected chi connectivity index (χ2v) is 4.94. The Morgan fingerprint density at radius 3 is 2.40 bits per heavy atom. The van der Waals surface area contributed by atoms with Crippen molar-refractivity contribution in [3.8, 4) is 11.5 Å². The molecule has 2 aromatic carbocycles. The Morgan fingerprint density at radius 1 is 1.10 bits per heavy atom. The Kier molecular flexibility index (Phi) is 4.88. The molecule has 0 aliphatic carbocycles. The zero-order chi connectivity index (χ0) is 14.5. The average Bonchev–Trinajstić information content (AvgIpc) is 2.46. The molecule has 0 aliphatic rings. The van der Waals surface area contributed by atoms with Crippen molar-refractivity contribution in [2.24, 2.45) is 0 Å². The van der Waals surface area contributed by atoms with Crippen molar-refractivity contribution in [1.29, 1.82) is 0 Å². The molecule has 0 unspecified atom stereocenters. The number of hydrogen-bond donors (Lipinski definition) is 1. The lowest BCUT2D eigenvalue weighted by Gasteiger charge is -2.13. The summed E-state index contributed by atoms with van der Waals surface area (Å²) in [5.74, 6) is 1.25. The van der Waals surface area contributed by atoms with Crippen LogP contribution in [-0.2, 0) is 6.61 Å². The zero-order valence-corrected chi connectivity index (χ0v) is 12.2. The van der Waals surface area contributed by atoms with Gasteiger partial charge in [-0.15, -0.1) is 0 Å². The molecule has 4 heteroatoms. The molecule has 0 radical (unpaired) electrons. The molecule has 0 amide bonds. The summed E-state index contributed by atoms with van der Waals surface area (Å²) in [6.45, 7) is 2.14. The minimum Gasteiger partial charge on any atom is -0.493 e. The van der Waals surface area contributed by atoms with Gasteiger partial charge in [-0.3, -0.25) is 0 Å². The van der Waals surface area contributed by atoms with Gasteiger partial charge in [0.2, 0.25) is 0 Å². The molecule has 0 heterocycles. The Balaban J connectivity index is 2.10. The number of rotatable bonds is 5. The maximum absolute atomic E-state index is 9.56. The molecule has 1 N–H and O–H groups in total. The summed E-state index contributed by atoms with van der Waals surface area (Å²) in [6, 6.07) is 12.9. The maximum Gasteiger partial charge on any atom is 0.161 e. The van der Waals surface area contributed by atoms with Crippen LogP contribution in [-0.4, -0.2) is 12.2 Å². The van der Waals surface area contributed by atoms with Gasteiger partial charge in [0.1, 0.15) is 6.61 Å². The fourth-order valence-corrected chi connectivity index (χ4v) is 1.93. The zero-order valence-electron chi connectivity index (χ0n) is 11.5. The van der Waals surface area contributed by atoms with Gasteiger partial charge in [0.25, 0.3) is 0 Å². The van der Waals surface area contributed by atoms with Gasteiger partial charge in [0.05, 0.1) is 13.2 Å². The fourth-order valence-electron chi connectivity index (χ4n) is 1.80. The van der Waals surface area contributed by atoms with Crippen LogP contribution < -0.4 is 9.47 Å². The van der Waals surface area contributed by atoms with Crippen LogP contribution in [0, 0.1) is 0 Å². The predicted octanol–water partition coefficient (Wildman–Crippen LogP) is 3.98. The van der Waals surface area contributed by atoms with E-state index in [1.54, 1.807) is 26.2 Å². The molecule has 0 aromatic heterocycles. The van der Waals surface area contributed by atoms with Crippen LogP contribution in [0.4, 0.5) is 0 Å². The predicted molar refractivity (Wildman–Crippen MR) is 79.4 cm³/mol. The highest BCUT2D eigenvalue weighted by Gasteiger charge is 2.09. The van der Waals surface area contributed by atoms with E-state index in [2.05, 4.69) is 0 Å². The molecule has 0 aliphatic heterocycles. The van der Waals surface area contributed by atoms with E-state index < -0.39 is 6.10 Å². The Bertz CT molecular complexity index is 564. The monoisotopic (exact) mass is 292 g/mol. The van der Waals surface area contributed by atoms with Gasteiger partial charge in [-0.05, 0) is 42.3 Å². The van der Waals surface area contributed by atoms with Crippen molar-refractivity contribution in [2.75, 3.05) is 7.11 Å². The highest BCUT2D eigenvalue weighted by atomic mass is 35.5. The Hall–Kier alpha value is -1.71. The molecule has 0 saturated carbocycles. The minimum absolute atomic E-state index is 0.432. The summed E-state index contributed by atoms with van der Waals surface area (Å²) >= 11 is 5.84.